The maximum Gasteiger partial charge on any atom is 0.140 e. The smallest absolute Gasteiger partial charge is 0.140 e. The fraction of sp³-hybridized carbons (Fsp3) is 0.182. The van der Waals surface area contributed by atoms with Crippen molar-refractivity contribution < 1.29 is 4.74 Å². The molecule has 0 aliphatic rings. The first-order valence-corrected chi connectivity index (χ1v) is 8.91. The van der Waals surface area contributed by atoms with E-state index in [1.807, 2.05) is 91.8 Å². The maximum absolute atomic E-state index is 6.12. The zero-order chi connectivity index (χ0) is 19.0. The molecule has 0 atom stereocenters. The van der Waals surface area contributed by atoms with Crippen LogP contribution in [0.3, 0.4) is 0 Å². The van der Waals surface area contributed by atoms with Gasteiger partial charge in [0, 0.05) is 30.6 Å². The summed E-state index contributed by atoms with van der Waals surface area (Å²) in [5.74, 6) is 2.47. The highest BCUT2D eigenvalue weighted by Gasteiger charge is 2.09. The van der Waals surface area contributed by atoms with Crippen LogP contribution in [0.2, 0.25) is 0 Å². The van der Waals surface area contributed by atoms with E-state index >= 15 is 0 Å². The van der Waals surface area contributed by atoms with Gasteiger partial charge in [0.1, 0.15) is 17.3 Å². The fourth-order valence-electron chi connectivity index (χ4n) is 3.29. The molecule has 0 N–H and O–H groups in total. The van der Waals surface area contributed by atoms with Gasteiger partial charge in [-0.25, -0.2) is 9.67 Å². The summed E-state index contributed by atoms with van der Waals surface area (Å²) in [5.41, 5.74) is 5.09. The summed E-state index contributed by atoms with van der Waals surface area (Å²) in [6, 6.07) is 18.0. The van der Waals surface area contributed by atoms with Gasteiger partial charge in [-0.15, -0.1) is 0 Å². The highest BCUT2D eigenvalue weighted by molar-refractivity contribution is 5.59. The first-order chi connectivity index (χ1) is 13.0. The van der Waals surface area contributed by atoms with E-state index in [1.165, 1.54) is 0 Å². The molecule has 2 aromatic heterocycles. The van der Waals surface area contributed by atoms with Gasteiger partial charge in [-0.2, -0.15) is 5.10 Å². The number of imidazole rings is 1. The number of hydrogen-bond donors (Lipinski definition) is 0. The molecule has 2 aromatic carbocycles. The molecule has 4 aromatic rings. The van der Waals surface area contributed by atoms with Crippen LogP contribution in [-0.2, 0) is 7.05 Å². The van der Waals surface area contributed by atoms with Crippen LogP contribution in [0.1, 0.15) is 17.1 Å². The Labute approximate surface area is 158 Å². The van der Waals surface area contributed by atoms with Gasteiger partial charge in [0.25, 0.3) is 0 Å². The Morgan fingerprint density at radius 1 is 0.852 bits per heavy atom. The molecule has 0 radical (unpaired) electrons. The van der Waals surface area contributed by atoms with Gasteiger partial charge in [-0.1, -0.05) is 18.2 Å². The predicted molar refractivity (Wildman–Crippen MR) is 106 cm³/mol. The van der Waals surface area contributed by atoms with E-state index in [4.69, 9.17) is 4.74 Å². The van der Waals surface area contributed by atoms with Crippen LogP contribution in [0.5, 0.6) is 11.5 Å². The molecule has 2 heterocycles. The standard InChI is InChI=1S/C22H22N4O/c1-15-11-17(3)26(24-15)19-8-6-10-21(13-19)27-20-9-5-7-18(12-20)22-23-16(2)14-25(22)4/h5-14H,1-4H3. The zero-order valence-electron chi connectivity index (χ0n) is 16.0. The third kappa shape index (κ3) is 3.49. The number of benzene rings is 2. The number of hydrogen-bond acceptors (Lipinski definition) is 3. The van der Waals surface area contributed by atoms with E-state index in [0.29, 0.717) is 0 Å². The first kappa shape index (κ1) is 17.1. The second-order valence-corrected chi connectivity index (χ2v) is 6.78. The molecule has 0 fully saturated rings. The Morgan fingerprint density at radius 3 is 2.26 bits per heavy atom. The third-order valence-corrected chi connectivity index (χ3v) is 4.40. The number of rotatable bonds is 4. The zero-order valence-corrected chi connectivity index (χ0v) is 16.0. The summed E-state index contributed by atoms with van der Waals surface area (Å²) in [6.07, 6.45) is 2.01. The minimum atomic E-state index is 0.772. The molecule has 0 aliphatic heterocycles. The van der Waals surface area contributed by atoms with Crippen LogP contribution in [0.25, 0.3) is 17.1 Å². The topological polar surface area (TPSA) is 44.9 Å². The van der Waals surface area contributed by atoms with Crippen molar-refractivity contribution in [3.63, 3.8) is 0 Å². The number of aryl methyl sites for hydroxylation is 4. The summed E-state index contributed by atoms with van der Waals surface area (Å²) in [4.78, 5) is 4.59. The molecule has 0 aliphatic carbocycles. The normalized spacial score (nSPS) is 11.0. The quantitative estimate of drug-likeness (QED) is 0.516. The van der Waals surface area contributed by atoms with Gasteiger partial charge >= 0.3 is 0 Å². The van der Waals surface area contributed by atoms with Crippen LogP contribution in [-0.4, -0.2) is 19.3 Å². The molecule has 0 unspecified atom stereocenters. The second kappa shape index (κ2) is 6.76. The lowest BCUT2D eigenvalue weighted by atomic mass is 10.2. The Balaban J connectivity index is 1.63. The van der Waals surface area contributed by atoms with Crippen molar-refractivity contribution in [3.05, 3.63) is 77.9 Å². The van der Waals surface area contributed by atoms with E-state index in [-0.39, 0.29) is 0 Å². The fourth-order valence-corrected chi connectivity index (χ4v) is 3.29. The van der Waals surface area contributed by atoms with Gasteiger partial charge in [0.15, 0.2) is 0 Å². The summed E-state index contributed by atoms with van der Waals surface area (Å²) in [6.45, 7) is 6.04. The summed E-state index contributed by atoms with van der Waals surface area (Å²) in [7, 11) is 2.00. The van der Waals surface area contributed by atoms with Crippen molar-refractivity contribution in [2.75, 3.05) is 0 Å². The Kier molecular flexibility index (Phi) is 4.28. The second-order valence-electron chi connectivity index (χ2n) is 6.78. The average Bonchev–Trinajstić information content (AvgIpc) is 3.15. The van der Waals surface area contributed by atoms with E-state index in [1.54, 1.807) is 0 Å². The molecular weight excluding hydrogens is 336 g/mol. The highest BCUT2D eigenvalue weighted by atomic mass is 16.5. The lowest BCUT2D eigenvalue weighted by Gasteiger charge is -2.10. The molecule has 0 amide bonds. The van der Waals surface area contributed by atoms with E-state index in [2.05, 4.69) is 16.1 Å². The summed E-state index contributed by atoms with van der Waals surface area (Å²) >= 11 is 0. The lowest BCUT2D eigenvalue weighted by Crippen LogP contribution is -1.99. The van der Waals surface area contributed by atoms with Crippen LogP contribution in [0.15, 0.2) is 60.8 Å². The number of ether oxygens (including phenoxy) is 1. The van der Waals surface area contributed by atoms with Crippen molar-refractivity contribution in [2.24, 2.45) is 7.05 Å². The average molecular weight is 358 g/mol. The number of aromatic nitrogens is 4. The molecule has 0 spiro atoms. The van der Waals surface area contributed by atoms with Gasteiger partial charge in [0.05, 0.1) is 17.1 Å². The summed E-state index contributed by atoms with van der Waals surface area (Å²) in [5, 5.41) is 4.54. The molecule has 0 bridgehead atoms. The Hall–Kier alpha value is -3.34. The minimum absolute atomic E-state index is 0.772. The lowest BCUT2D eigenvalue weighted by molar-refractivity contribution is 0.482. The Morgan fingerprint density at radius 2 is 1.59 bits per heavy atom. The van der Waals surface area contributed by atoms with E-state index in [9.17, 15) is 0 Å². The Bertz CT molecular complexity index is 1020. The molecular formula is C22H22N4O. The molecule has 0 saturated carbocycles. The van der Waals surface area contributed by atoms with E-state index < -0.39 is 0 Å². The van der Waals surface area contributed by atoms with Gasteiger partial charge in [-0.05, 0) is 51.1 Å². The van der Waals surface area contributed by atoms with Crippen LogP contribution < -0.4 is 4.74 Å². The van der Waals surface area contributed by atoms with Crippen molar-refractivity contribution >= 4 is 0 Å². The SMILES string of the molecule is Cc1cn(C)c(-c2cccc(Oc3cccc(-n4nc(C)cc4C)c3)c2)n1. The highest BCUT2D eigenvalue weighted by Crippen LogP contribution is 2.28. The van der Waals surface area contributed by atoms with Gasteiger partial charge in [0.2, 0.25) is 0 Å². The monoisotopic (exact) mass is 358 g/mol. The summed E-state index contributed by atoms with van der Waals surface area (Å²) < 4.78 is 10.1. The molecule has 5 heteroatoms. The van der Waals surface area contributed by atoms with Crippen LogP contribution in [0.4, 0.5) is 0 Å². The van der Waals surface area contributed by atoms with E-state index in [0.717, 1.165) is 45.7 Å². The molecule has 4 rings (SSSR count). The van der Waals surface area contributed by atoms with Gasteiger partial charge in [-0.3, -0.25) is 0 Å². The minimum Gasteiger partial charge on any atom is -0.457 e. The van der Waals surface area contributed by atoms with Crippen molar-refractivity contribution in [3.8, 4) is 28.6 Å². The maximum atomic E-state index is 6.12. The van der Waals surface area contributed by atoms with Crippen LogP contribution >= 0.6 is 0 Å². The van der Waals surface area contributed by atoms with Crippen molar-refractivity contribution in [1.29, 1.82) is 0 Å². The molecule has 136 valence electrons. The van der Waals surface area contributed by atoms with Crippen molar-refractivity contribution in [1.82, 2.24) is 19.3 Å². The number of nitrogens with zero attached hydrogens (tertiary/aromatic N) is 4. The molecule has 27 heavy (non-hydrogen) atoms. The molecule has 0 saturated heterocycles. The van der Waals surface area contributed by atoms with Crippen LogP contribution in [0, 0.1) is 20.8 Å². The molecule has 5 nitrogen and oxygen atoms in total. The van der Waals surface area contributed by atoms with Crippen molar-refractivity contribution in [2.45, 2.75) is 20.8 Å². The largest absolute Gasteiger partial charge is 0.457 e. The third-order valence-electron chi connectivity index (χ3n) is 4.40. The first-order valence-electron chi connectivity index (χ1n) is 8.91. The predicted octanol–water partition coefficient (Wildman–Crippen LogP) is 4.99. The van der Waals surface area contributed by atoms with Gasteiger partial charge < -0.3 is 9.30 Å².